The van der Waals surface area contributed by atoms with Gasteiger partial charge in [0.1, 0.15) is 5.58 Å². The highest BCUT2D eigenvalue weighted by molar-refractivity contribution is 7.25. The number of rotatable bonds is 4. The Bertz CT molecular complexity index is 3030. The van der Waals surface area contributed by atoms with Gasteiger partial charge in [-0.05, 0) is 88.0 Å². The van der Waals surface area contributed by atoms with Crippen molar-refractivity contribution in [3.05, 3.63) is 176 Å². The van der Waals surface area contributed by atoms with Crippen molar-refractivity contribution < 1.29 is 4.42 Å². The van der Waals surface area contributed by atoms with E-state index in [4.69, 9.17) is 4.42 Å². The maximum atomic E-state index is 6.81. The molecule has 11 aromatic rings. The van der Waals surface area contributed by atoms with Crippen LogP contribution in [0, 0.1) is 0 Å². The first-order valence-corrected chi connectivity index (χ1v) is 18.2. The van der Waals surface area contributed by atoms with Crippen LogP contribution in [0.4, 0.5) is 0 Å². The van der Waals surface area contributed by atoms with Crippen LogP contribution in [-0.2, 0) is 0 Å². The lowest BCUT2D eigenvalue weighted by Gasteiger charge is -2.09. The Labute approximate surface area is 298 Å². The van der Waals surface area contributed by atoms with Crippen molar-refractivity contribution in [2.45, 2.75) is 0 Å². The van der Waals surface area contributed by atoms with E-state index in [0.29, 0.717) is 0 Å². The van der Waals surface area contributed by atoms with Crippen molar-refractivity contribution in [2.75, 3.05) is 0 Å². The second kappa shape index (κ2) is 11.0. The summed E-state index contributed by atoms with van der Waals surface area (Å²) >= 11 is 1.86. The number of hydrogen-bond donors (Lipinski definition) is 0. The number of furan rings is 1. The second-order valence-electron chi connectivity index (χ2n) is 13.3. The molecule has 0 fully saturated rings. The van der Waals surface area contributed by atoms with Crippen LogP contribution < -0.4 is 0 Å². The van der Waals surface area contributed by atoms with Crippen molar-refractivity contribution in [3.8, 4) is 39.1 Å². The molecule has 238 valence electrons. The van der Waals surface area contributed by atoms with Gasteiger partial charge in [-0.3, -0.25) is 0 Å². The third-order valence-corrected chi connectivity index (χ3v) is 11.5. The first-order chi connectivity index (χ1) is 25.3. The standard InChI is InChI=1S/C48H29NOS/c1-3-11-30(12-4-1)32-21-24-41-38(27-32)39-28-33(31-13-5-2-6-14-31)22-25-42(39)49(41)43-18-9-17-36-40-29-34(23-26-44(40)50-48(36)43)35-16-10-20-46-47(35)37-15-7-8-19-45(37)51-46/h1-29H. The molecule has 0 radical (unpaired) electrons. The highest BCUT2D eigenvalue weighted by Crippen LogP contribution is 2.43. The summed E-state index contributed by atoms with van der Waals surface area (Å²) in [4.78, 5) is 0. The maximum absolute atomic E-state index is 6.81. The molecule has 2 nitrogen and oxygen atoms in total. The molecular formula is C48H29NOS. The number of nitrogens with zero attached hydrogens (tertiary/aromatic N) is 1. The average molecular weight is 668 g/mol. The lowest BCUT2D eigenvalue weighted by Crippen LogP contribution is -1.94. The predicted molar refractivity (Wildman–Crippen MR) is 217 cm³/mol. The number of thiophene rings is 1. The molecule has 0 amide bonds. The monoisotopic (exact) mass is 667 g/mol. The average Bonchev–Trinajstić information content (AvgIpc) is 3.87. The molecule has 0 bridgehead atoms. The van der Waals surface area contributed by atoms with E-state index in [1.807, 2.05) is 11.3 Å². The van der Waals surface area contributed by atoms with Crippen LogP contribution in [0.15, 0.2) is 180 Å². The summed E-state index contributed by atoms with van der Waals surface area (Å²) in [6.45, 7) is 0. The van der Waals surface area contributed by atoms with E-state index in [1.165, 1.54) is 64.3 Å². The lowest BCUT2D eigenvalue weighted by molar-refractivity contribution is 0.666. The Balaban J connectivity index is 1.15. The summed E-state index contributed by atoms with van der Waals surface area (Å²) in [5.74, 6) is 0. The summed E-state index contributed by atoms with van der Waals surface area (Å²) in [7, 11) is 0. The van der Waals surface area contributed by atoms with E-state index in [1.54, 1.807) is 0 Å². The summed E-state index contributed by atoms with van der Waals surface area (Å²) in [6, 6.07) is 63.6. The van der Waals surface area contributed by atoms with Gasteiger partial charge in [-0.1, -0.05) is 121 Å². The number of benzene rings is 8. The van der Waals surface area contributed by atoms with Crippen molar-refractivity contribution in [3.63, 3.8) is 0 Å². The van der Waals surface area contributed by atoms with Crippen molar-refractivity contribution in [1.29, 1.82) is 0 Å². The molecule has 0 aliphatic heterocycles. The van der Waals surface area contributed by atoms with Gasteiger partial charge in [-0.25, -0.2) is 0 Å². The van der Waals surface area contributed by atoms with E-state index in [-0.39, 0.29) is 0 Å². The smallest absolute Gasteiger partial charge is 0.159 e. The van der Waals surface area contributed by atoms with Crippen molar-refractivity contribution in [2.24, 2.45) is 0 Å². The first kappa shape index (κ1) is 28.4. The second-order valence-corrected chi connectivity index (χ2v) is 14.4. The number of para-hydroxylation sites is 1. The Morgan fingerprint density at radius 3 is 1.71 bits per heavy atom. The van der Waals surface area contributed by atoms with Crippen LogP contribution in [-0.4, -0.2) is 4.57 Å². The maximum Gasteiger partial charge on any atom is 0.159 e. The van der Waals surface area contributed by atoms with Crippen LogP contribution >= 0.6 is 11.3 Å². The zero-order valence-electron chi connectivity index (χ0n) is 27.5. The quantitative estimate of drug-likeness (QED) is 0.183. The molecular weight excluding hydrogens is 639 g/mol. The van der Waals surface area contributed by atoms with Crippen molar-refractivity contribution in [1.82, 2.24) is 4.57 Å². The molecule has 3 heteroatoms. The van der Waals surface area contributed by atoms with Crippen LogP contribution in [0.1, 0.15) is 0 Å². The van der Waals surface area contributed by atoms with Crippen LogP contribution in [0.5, 0.6) is 0 Å². The highest BCUT2D eigenvalue weighted by atomic mass is 32.1. The Morgan fingerprint density at radius 1 is 0.392 bits per heavy atom. The Morgan fingerprint density at radius 2 is 0.980 bits per heavy atom. The van der Waals surface area contributed by atoms with Gasteiger partial charge in [-0.2, -0.15) is 0 Å². The molecule has 3 heterocycles. The van der Waals surface area contributed by atoms with Gasteiger partial charge in [-0.15, -0.1) is 11.3 Å². The van der Waals surface area contributed by atoms with Gasteiger partial charge < -0.3 is 8.98 Å². The molecule has 51 heavy (non-hydrogen) atoms. The fourth-order valence-corrected chi connectivity index (χ4v) is 9.18. The minimum absolute atomic E-state index is 0.891. The fraction of sp³-hybridized carbons (Fsp3) is 0. The topological polar surface area (TPSA) is 18.1 Å². The SMILES string of the molecule is c1ccc(-c2ccc3c(c2)c2cc(-c4ccccc4)ccc2n3-c2cccc3c2oc2ccc(-c4cccc5sc6ccccc6c45)cc23)cc1. The van der Waals surface area contributed by atoms with E-state index in [9.17, 15) is 0 Å². The Kier molecular flexibility index (Phi) is 6.16. The van der Waals surface area contributed by atoms with Gasteiger partial charge >= 0.3 is 0 Å². The molecule has 0 spiro atoms. The van der Waals surface area contributed by atoms with Crippen molar-refractivity contribution >= 4 is 75.3 Å². The van der Waals surface area contributed by atoms with Gasteiger partial charge in [0.2, 0.25) is 0 Å². The highest BCUT2D eigenvalue weighted by Gasteiger charge is 2.20. The third kappa shape index (κ3) is 4.35. The molecule has 3 aromatic heterocycles. The molecule has 8 aromatic carbocycles. The normalized spacial score (nSPS) is 11.9. The molecule has 0 saturated carbocycles. The summed E-state index contributed by atoms with van der Waals surface area (Å²) in [6.07, 6.45) is 0. The number of aromatic nitrogens is 1. The largest absolute Gasteiger partial charge is 0.454 e. The molecule has 0 unspecified atom stereocenters. The predicted octanol–water partition coefficient (Wildman–Crippen LogP) is 14.1. The third-order valence-electron chi connectivity index (χ3n) is 10.4. The first-order valence-electron chi connectivity index (χ1n) is 17.3. The summed E-state index contributed by atoms with van der Waals surface area (Å²) in [5, 5.41) is 7.31. The molecule has 0 aliphatic rings. The number of fused-ring (bicyclic) bond motifs is 9. The van der Waals surface area contributed by atoms with Crippen LogP contribution in [0.3, 0.4) is 0 Å². The lowest BCUT2D eigenvalue weighted by atomic mass is 9.98. The molecule has 0 atom stereocenters. The van der Waals surface area contributed by atoms with Crippen LogP contribution in [0.25, 0.3) is 103 Å². The molecule has 0 saturated heterocycles. The van der Waals surface area contributed by atoms with Gasteiger partial charge in [0, 0.05) is 41.7 Å². The fourth-order valence-electron chi connectivity index (χ4n) is 8.05. The molecule has 11 rings (SSSR count). The van der Waals surface area contributed by atoms with E-state index >= 15 is 0 Å². The van der Waals surface area contributed by atoms with Gasteiger partial charge in [0.05, 0.1) is 16.7 Å². The van der Waals surface area contributed by atoms with Gasteiger partial charge in [0.25, 0.3) is 0 Å². The van der Waals surface area contributed by atoms with E-state index in [0.717, 1.165) is 38.7 Å². The summed E-state index contributed by atoms with van der Waals surface area (Å²) < 4.78 is 11.8. The molecule has 0 aliphatic carbocycles. The van der Waals surface area contributed by atoms with Crippen LogP contribution in [0.2, 0.25) is 0 Å². The minimum Gasteiger partial charge on any atom is -0.454 e. The molecule has 0 N–H and O–H groups in total. The van der Waals surface area contributed by atoms with E-state index in [2.05, 4.69) is 180 Å². The summed E-state index contributed by atoms with van der Waals surface area (Å²) in [5.41, 5.74) is 12.4. The minimum atomic E-state index is 0.891. The number of hydrogen-bond acceptors (Lipinski definition) is 2. The van der Waals surface area contributed by atoms with Gasteiger partial charge in [0.15, 0.2) is 5.58 Å². The zero-order chi connectivity index (χ0) is 33.5. The zero-order valence-corrected chi connectivity index (χ0v) is 28.3. The van der Waals surface area contributed by atoms with E-state index < -0.39 is 0 Å². The Hall–Kier alpha value is -6.42.